The highest BCUT2D eigenvalue weighted by molar-refractivity contribution is 6.33. The molecule has 0 spiro atoms. The lowest BCUT2D eigenvalue weighted by molar-refractivity contribution is 0.122. The molecular weight excluding hydrogens is 316 g/mol. The van der Waals surface area contributed by atoms with Crippen molar-refractivity contribution in [2.45, 2.75) is 0 Å². The van der Waals surface area contributed by atoms with Gasteiger partial charge in [0.25, 0.3) is 0 Å². The molecular formula is C15H15ClN6O. The third-order valence-electron chi connectivity index (χ3n) is 3.72. The van der Waals surface area contributed by atoms with Crippen LogP contribution in [-0.2, 0) is 4.74 Å². The van der Waals surface area contributed by atoms with Gasteiger partial charge in [0.05, 0.1) is 35.6 Å². The van der Waals surface area contributed by atoms with Crippen LogP contribution in [0.5, 0.6) is 0 Å². The van der Waals surface area contributed by atoms with E-state index in [0.29, 0.717) is 24.1 Å². The number of pyridine rings is 2. The number of rotatable bonds is 3. The quantitative estimate of drug-likeness (QED) is 0.768. The lowest BCUT2D eigenvalue weighted by atomic mass is 10.3. The van der Waals surface area contributed by atoms with E-state index in [-0.39, 0.29) is 0 Å². The maximum atomic E-state index is 6.39. The number of ether oxygens (including phenoxy) is 1. The molecule has 118 valence electrons. The van der Waals surface area contributed by atoms with Gasteiger partial charge in [-0.2, -0.15) is 5.10 Å². The zero-order valence-electron chi connectivity index (χ0n) is 12.3. The molecule has 23 heavy (non-hydrogen) atoms. The minimum Gasteiger partial charge on any atom is -0.378 e. The molecule has 0 aliphatic carbocycles. The summed E-state index contributed by atoms with van der Waals surface area (Å²) < 4.78 is 5.35. The van der Waals surface area contributed by atoms with E-state index in [0.717, 1.165) is 35.6 Å². The van der Waals surface area contributed by atoms with Crippen LogP contribution in [-0.4, -0.2) is 46.5 Å². The van der Waals surface area contributed by atoms with Gasteiger partial charge in [-0.1, -0.05) is 11.6 Å². The van der Waals surface area contributed by atoms with Crippen LogP contribution in [0.25, 0.3) is 11.0 Å². The first-order valence-corrected chi connectivity index (χ1v) is 7.73. The molecule has 0 bridgehead atoms. The predicted octanol–water partition coefficient (Wildman–Crippen LogP) is 2.59. The second kappa shape index (κ2) is 6.02. The first-order chi connectivity index (χ1) is 11.3. The van der Waals surface area contributed by atoms with E-state index in [1.807, 2.05) is 18.2 Å². The van der Waals surface area contributed by atoms with Crippen molar-refractivity contribution in [3.05, 3.63) is 35.6 Å². The number of nitrogens with one attached hydrogen (secondary N) is 2. The van der Waals surface area contributed by atoms with Crippen molar-refractivity contribution in [3.8, 4) is 0 Å². The van der Waals surface area contributed by atoms with E-state index in [2.05, 4.69) is 30.4 Å². The number of nitrogens with zero attached hydrogens (tertiary/aromatic N) is 4. The summed E-state index contributed by atoms with van der Waals surface area (Å²) in [5.74, 6) is 1.43. The van der Waals surface area contributed by atoms with Crippen molar-refractivity contribution in [1.82, 2.24) is 20.2 Å². The van der Waals surface area contributed by atoms with Crippen LogP contribution in [0.3, 0.4) is 0 Å². The summed E-state index contributed by atoms with van der Waals surface area (Å²) in [5, 5.41) is 11.0. The highest BCUT2D eigenvalue weighted by atomic mass is 35.5. The van der Waals surface area contributed by atoms with Gasteiger partial charge in [0, 0.05) is 19.3 Å². The normalized spacial score (nSPS) is 15.1. The van der Waals surface area contributed by atoms with Gasteiger partial charge in [-0.15, -0.1) is 0 Å². The molecule has 3 aromatic heterocycles. The maximum Gasteiger partial charge on any atom is 0.178 e. The number of hydrogen-bond acceptors (Lipinski definition) is 6. The molecule has 1 fully saturated rings. The first kappa shape index (κ1) is 14.2. The predicted molar refractivity (Wildman–Crippen MR) is 89.5 cm³/mol. The number of morpholine rings is 1. The van der Waals surface area contributed by atoms with E-state index in [1.54, 1.807) is 12.4 Å². The van der Waals surface area contributed by atoms with E-state index >= 15 is 0 Å². The van der Waals surface area contributed by atoms with Crippen molar-refractivity contribution in [2.75, 3.05) is 36.5 Å². The van der Waals surface area contributed by atoms with Crippen LogP contribution in [0.4, 0.5) is 17.3 Å². The number of H-pyrrole nitrogens is 1. The summed E-state index contributed by atoms with van der Waals surface area (Å²) in [6, 6.07) is 5.63. The number of anilines is 3. The van der Waals surface area contributed by atoms with Crippen molar-refractivity contribution < 1.29 is 4.74 Å². The van der Waals surface area contributed by atoms with Crippen LogP contribution in [0.2, 0.25) is 5.02 Å². The summed E-state index contributed by atoms with van der Waals surface area (Å²) in [6.07, 6.45) is 3.48. The molecule has 4 rings (SSSR count). The topological polar surface area (TPSA) is 79.0 Å². The molecule has 7 nitrogen and oxygen atoms in total. The van der Waals surface area contributed by atoms with Crippen LogP contribution in [0.15, 0.2) is 30.6 Å². The summed E-state index contributed by atoms with van der Waals surface area (Å²) in [7, 11) is 0. The molecule has 0 amide bonds. The highest BCUT2D eigenvalue weighted by Gasteiger charge is 2.16. The second-order valence-corrected chi connectivity index (χ2v) is 5.63. The number of hydrogen-bond donors (Lipinski definition) is 2. The number of aromatic nitrogens is 4. The lowest BCUT2D eigenvalue weighted by Gasteiger charge is -2.28. The van der Waals surface area contributed by atoms with Crippen molar-refractivity contribution >= 4 is 40.0 Å². The Labute approximate surface area is 137 Å². The Bertz CT molecular complexity index is 830. The monoisotopic (exact) mass is 330 g/mol. The van der Waals surface area contributed by atoms with Crippen molar-refractivity contribution in [2.24, 2.45) is 0 Å². The Morgan fingerprint density at radius 3 is 2.96 bits per heavy atom. The Kier molecular flexibility index (Phi) is 3.72. The Morgan fingerprint density at radius 2 is 2.13 bits per heavy atom. The average molecular weight is 331 g/mol. The average Bonchev–Trinajstić information content (AvgIpc) is 2.99. The smallest absolute Gasteiger partial charge is 0.178 e. The third-order valence-corrected chi connectivity index (χ3v) is 3.99. The van der Waals surface area contributed by atoms with E-state index < -0.39 is 0 Å². The lowest BCUT2D eigenvalue weighted by Crippen LogP contribution is -2.36. The van der Waals surface area contributed by atoms with Gasteiger partial charge >= 0.3 is 0 Å². The summed E-state index contributed by atoms with van der Waals surface area (Å²) in [4.78, 5) is 10.9. The highest BCUT2D eigenvalue weighted by Crippen LogP contribution is 2.29. The molecule has 1 saturated heterocycles. The van der Waals surface area contributed by atoms with Crippen LogP contribution >= 0.6 is 11.6 Å². The fourth-order valence-corrected chi connectivity index (χ4v) is 2.87. The zero-order chi connectivity index (χ0) is 15.6. The molecule has 0 saturated carbocycles. The van der Waals surface area contributed by atoms with Crippen molar-refractivity contribution in [3.63, 3.8) is 0 Å². The van der Waals surface area contributed by atoms with E-state index in [9.17, 15) is 0 Å². The van der Waals surface area contributed by atoms with Crippen LogP contribution in [0, 0.1) is 0 Å². The molecule has 1 aliphatic rings. The summed E-state index contributed by atoms with van der Waals surface area (Å²) in [5.41, 5.74) is 2.42. The summed E-state index contributed by atoms with van der Waals surface area (Å²) in [6.45, 7) is 2.99. The second-order valence-electron chi connectivity index (χ2n) is 5.23. The van der Waals surface area contributed by atoms with Crippen molar-refractivity contribution in [1.29, 1.82) is 0 Å². The van der Waals surface area contributed by atoms with Crippen LogP contribution < -0.4 is 10.2 Å². The minimum atomic E-state index is 0.602. The van der Waals surface area contributed by atoms with Gasteiger partial charge in [-0.3, -0.25) is 10.1 Å². The molecule has 0 radical (unpaired) electrons. The maximum absolute atomic E-state index is 6.39. The van der Waals surface area contributed by atoms with Crippen LogP contribution in [0.1, 0.15) is 0 Å². The first-order valence-electron chi connectivity index (χ1n) is 7.35. The van der Waals surface area contributed by atoms with Gasteiger partial charge in [0.1, 0.15) is 11.3 Å². The Hall–Kier alpha value is -2.38. The van der Waals surface area contributed by atoms with Gasteiger partial charge in [0.15, 0.2) is 5.82 Å². The molecule has 4 heterocycles. The Morgan fingerprint density at radius 1 is 1.26 bits per heavy atom. The molecule has 1 aliphatic heterocycles. The summed E-state index contributed by atoms with van der Waals surface area (Å²) >= 11 is 6.39. The standard InChI is InChI=1S/C15H15ClN6O/c16-11-8-10(9-18-15(11)22-4-6-23-7-5-22)19-14-13-12(20-21-14)2-1-3-17-13/h1-3,8-9H,4-7H2,(H2,19,20,21). The minimum absolute atomic E-state index is 0.602. The third kappa shape index (κ3) is 2.80. The number of aromatic amines is 1. The van der Waals surface area contributed by atoms with E-state index in [1.165, 1.54) is 0 Å². The number of halogens is 1. The molecule has 2 N–H and O–H groups in total. The van der Waals surface area contributed by atoms with Gasteiger partial charge < -0.3 is 15.0 Å². The fourth-order valence-electron chi connectivity index (χ4n) is 2.58. The molecule has 0 aromatic carbocycles. The van der Waals surface area contributed by atoms with Gasteiger partial charge in [0.2, 0.25) is 0 Å². The zero-order valence-corrected chi connectivity index (χ0v) is 13.0. The van der Waals surface area contributed by atoms with Gasteiger partial charge in [-0.05, 0) is 18.2 Å². The molecule has 3 aromatic rings. The molecule has 0 atom stereocenters. The SMILES string of the molecule is Clc1cc(Nc2n[nH]c3cccnc23)cnc1N1CCOCC1. The number of fused-ring (bicyclic) bond motifs is 1. The molecule has 0 unspecified atom stereocenters. The Balaban J connectivity index is 1.59. The van der Waals surface area contributed by atoms with Gasteiger partial charge in [-0.25, -0.2) is 4.98 Å². The molecule has 8 heteroatoms. The largest absolute Gasteiger partial charge is 0.378 e. The van der Waals surface area contributed by atoms with E-state index in [4.69, 9.17) is 16.3 Å². The fraction of sp³-hybridized carbons (Fsp3) is 0.267.